The quantitative estimate of drug-likeness (QED) is 0.443. The monoisotopic (exact) mass is 424 g/mol. The van der Waals surface area contributed by atoms with Gasteiger partial charge in [0.1, 0.15) is 5.75 Å². The van der Waals surface area contributed by atoms with Crippen LogP contribution in [0.25, 0.3) is 0 Å². The summed E-state index contributed by atoms with van der Waals surface area (Å²) < 4.78 is 33.5. The van der Waals surface area contributed by atoms with Crippen LogP contribution in [0, 0.1) is 13.8 Å². The molecular weight excluding hydrogens is 394 g/mol. The van der Waals surface area contributed by atoms with Crippen LogP contribution in [0.5, 0.6) is 5.75 Å². The van der Waals surface area contributed by atoms with Crippen molar-refractivity contribution in [1.29, 1.82) is 0 Å². The molecule has 0 bridgehead atoms. The van der Waals surface area contributed by atoms with Gasteiger partial charge in [-0.2, -0.15) is 10.0 Å². The summed E-state index contributed by atoms with van der Waals surface area (Å²) in [7, 11) is -7.34. The number of rotatable bonds is 10. The molecule has 0 aromatic heterocycles. The summed E-state index contributed by atoms with van der Waals surface area (Å²) in [5.41, 5.74) is 1.58. The highest BCUT2D eigenvalue weighted by Gasteiger charge is 2.54. The zero-order chi connectivity index (χ0) is 20.1. The average Bonchev–Trinajstić information content (AvgIpc) is 2.59. The van der Waals surface area contributed by atoms with Crippen LogP contribution in [0.1, 0.15) is 51.7 Å². The lowest BCUT2D eigenvalue weighted by Gasteiger charge is -2.51. The van der Waals surface area contributed by atoms with Crippen molar-refractivity contribution >= 4 is 26.5 Å². The molecule has 0 radical (unpaired) electrons. The number of benzene rings is 1. The summed E-state index contributed by atoms with van der Waals surface area (Å²) in [4.78, 5) is 9.23. The first kappa shape index (κ1) is 23.5. The molecule has 0 amide bonds. The van der Waals surface area contributed by atoms with E-state index in [-0.39, 0.29) is 5.75 Å². The lowest BCUT2D eigenvalue weighted by atomic mass is 10.1. The molecule has 2 atom stereocenters. The van der Waals surface area contributed by atoms with E-state index in [9.17, 15) is 14.2 Å². The summed E-state index contributed by atoms with van der Waals surface area (Å²) in [5.74, 6) is 1.87. The summed E-state index contributed by atoms with van der Waals surface area (Å²) in [6.07, 6.45) is 1.18. The van der Waals surface area contributed by atoms with Crippen molar-refractivity contribution in [3.05, 3.63) is 23.3 Å². The normalized spacial score (nSPS) is 14.3. The molecule has 0 aliphatic rings. The topological polar surface area (TPSA) is 93.1 Å². The SMILES string of the molecule is CCC(CC)(O[P+](=O)O[P+](=O)O)S(CC)(CC)c1cc(C)c(O)c(C)c1. The fraction of sp³-hybridized carbons (Fsp3) is 0.647. The highest BCUT2D eigenvalue weighted by molar-refractivity contribution is 8.34. The third kappa shape index (κ3) is 4.46. The first-order valence-electron chi connectivity index (χ1n) is 8.72. The Morgan fingerprint density at radius 2 is 1.50 bits per heavy atom. The second kappa shape index (κ2) is 9.59. The summed E-state index contributed by atoms with van der Waals surface area (Å²) in [5, 5.41) is 10.2. The zero-order valence-corrected chi connectivity index (χ0v) is 18.9. The van der Waals surface area contributed by atoms with Gasteiger partial charge < -0.3 is 5.11 Å². The molecule has 0 aliphatic carbocycles. The van der Waals surface area contributed by atoms with Gasteiger partial charge in [-0.05, 0) is 66.3 Å². The minimum Gasteiger partial charge on any atom is -0.507 e. The van der Waals surface area contributed by atoms with Crippen molar-refractivity contribution in [3.63, 3.8) is 0 Å². The van der Waals surface area contributed by atoms with E-state index >= 15 is 0 Å². The predicted molar refractivity (Wildman–Crippen MR) is 107 cm³/mol. The maximum absolute atomic E-state index is 12.2. The van der Waals surface area contributed by atoms with Crippen LogP contribution in [-0.2, 0) is 18.0 Å². The Kier molecular flexibility index (Phi) is 8.66. The van der Waals surface area contributed by atoms with Crippen molar-refractivity contribution < 1.29 is 28.0 Å². The van der Waals surface area contributed by atoms with E-state index in [2.05, 4.69) is 18.2 Å². The van der Waals surface area contributed by atoms with E-state index < -0.39 is 31.5 Å². The summed E-state index contributed by atoms with van der Waals surface area (Å²) >= 11 is 0. The van der Waals surface area contributed by atoms with Crippen molar-refractivity contribution in [2.24, 2.45) is 0 Å². The molecule has 0 aliphatic heterocycles. The summed E-state index contributed by atoms with van der Waals surface area (Å²) in [6, 6.07) is 3.96. The van der Waals surface area contributed by atoms with Crippen LogP contribution < -0.4 is 0 Å². The van der Waals surface area contributed by atoms with Crippen molar-refractivity contribution in [1.82, 2.24) is 0 Å². The molecule has 148 valence electrons. The van der Waals surface area contributed by atoms with Crippen LogP contribution >= 0.6 is 26.5 Å². The van der Waals surface area contributed by atoms with Crippen LogP contribution in [0.2, 0.25) is 0 Å². The Bertz CT molecular complexity index is 648. The van der Waals surface area contributed by atoms with Gasteiger partial charge in [-0.3, -0.25) is 0 Å². The maximum atomic E-state index is 12.2. The van der Waals surface area contributed by atoms with Gasteiger partial charge in [0, 0.05) is 9.13 Å². The van der Waals surface area contributed by atoms with E-state index in [1.165, 1.54) is 0 Å². The molecule has 6 nitrogen and oxygen atoms in total. The molecule has 26 heavy (non-hydrogen) atoms. The van der Waals surface area contributed by atoms with Gasteiger partial charge in [0.2, 0.25) is 0 Å². The summed E-state index contributed by atoms with van der Waals surface area (Å²) in [6.45, 7) is 11.8. The molecule has 1 aromatic rings. The second-order valence-corrected chi connectivity index (χ2v) is 12.0. The molecule has 2 N–H and O–H groups in total. The minimum absolute atomic E-state index is 0.278. The predicted octanol–water partition coefficient (Wildman–Crippen LogP) is 6.07. The smallest absolute Gasteiger partial charge is 0.507 e. The largest absolute Gasteiger partial charge is 0.749 e. The molecule has 1 rings (SSSR count). The third-order valence-electron chi connectivity index (χ3n) is 5.07. The molecule has 1 aromatic carbocycles. The van der Waals surface area contributed by atoms with E-state index in [4.69, 9.17) is 9.42 Å². The van der Waals surface area contributed by atoms with E-state index in [0.29, 0.717) is 12.8 Å². The lowest BCUT2D eigenvalue weighted by Crippen LogP contribution is -2.38. The third-order valence-corrected chi connectivity index (χ3v) is 12.0. The van der Waals surface area contributed by atoms with E-state index in [0.717, 1.165) is 27.5 Å². The van der Waals surface area contributed by atoms with Crippen molar-refractivity contribution in [3.8, 4) is 5.75 Å². The van der Waals surface area contributed by atoms with Gasteiger partial charge in [-0.1, -0.05) is 32.2 Å². The number of hydrogen-bond donors (Lipinski definition) is 2. The Morgan fingerprint density at radius 1 is 1.04 bits per heavy atom. The Hall–Kier alpha value is -0.550. The van der Waals surface area contributed by atoms with E-state index in [1.54, 1.807) is 0 Å². The van der Waals surface area contributed by atoms with Crippen molar-refractivity contribution in [2.75, 3.05) is 11.5 Å². The Labute approximate surface area is 159 Å². The fourth-order valence-electron chi connectivity index (χ4n) is 3.63. The Balaban J connectivity index is 3.58. The standard InChI is InChI=1S/C17H28O6P2S/c1-7-17(8-2,22-25(21)23-24(19)20)26(9-3,10-4)15-11-13(5)16(18)14(6)12-15/h11-12H,7-10H2,1-6H3/p+2. The first-order chi connectivity index (χ1) is 12.1. The highest BCUT2D eigenvalue weighted by atomic mass is 32.3. The molecule has 0 saturated carbocycles. The molecule has 9 heteroatoms. The Morgan fingerprint density at radius 3 is 1.85 bits per heavy atom. The van der Waals surface area contributed by atoms with Gasteiger partial charge in [-0.25, -0.2) is 0 Å². The maximum Gasteiger partial charge on any atom is 0.749 e. The van der Waals surface area contributed by atoms with Gasteiger partial charge in [0.15, 0.2) is 9.24 Å². The molecule has 0 saturated heterocycles. The minimum atomic E-state index is -3.00. The number of aryl methyl sites for hydroxylation is 2. The second-order valence-electron chi connectivity index (χ2n) is 6.12. The average molecular weight is 424 g/mol. The molecule has 0 fully saturated rings. The van der Waals surface area contributed by atoms with Gasteiger partial charge in [0.25, 0.3) is 0 Å². The van der Waals surface area contributed by atoms with Gasteiger partial charge in [-0.15, -0.1) is 4.89 Å². The number of aromatic hydroxyl groups is 1. The van der Waals surface area contributed by atoms with E-state index in [1.807, 2.05) is 39.8 Å². The molecular formula is C17H30O6P2S+2. The van der Waals surface area contributed by atoms with Crippen LogP contribution in [-0.4, -0.2) is 26.4 Å². The number of phenols is 1. The van der Waals surface area contributed by atoms with Crippen LogP contribution in [0.15, 0.2) is 17.0 Å². The first-order valence-corrected chi connectivity index (χ1v) is 12.9. The highest BCUT2D eigenvalue weighted by Crippen LogP contribution is 2.70. The fourth-order valence-corrected chi connectivity index (χ4v) is 9.97. The van der Waals surface area contributed by atoms with Crippen LogP contribution in [0.4, 0.5) is 0 Å². The molecule has 0 heterocycles. The zero-order valence-electron chi connectivity index (χ0n) is 16.3. The van der Waals surface area contributed by atoms with Crippen LogP contribution in [0.3, 0.4) is 0 Å². The number of phenolic OH excluding ortho intramolecular Hbond substituents is 1. The molecule has 2 unspecified atom stereocenters. The van der Waals surface area contributed by atoms with Gasteiger partial charge in [0.05, 0.1) is 0 Å². The lowest BCUT2D eigenvalue weighted by molar-refractivity contribution is 0.144. The number of hydrogen-bond acceptors (Lipinski definition) is 5. The van der Waals surface area contributed by atoms with Gasteiger partial charge >= 0.3 is 16.5 Å². The van der Waals surface area contributed by atoms with Crippen molar-refractivity contribution in [2.45, 2.75) is 64.2 Å². The molecule has 0 spiro atoms.